The molecule has 0 aliphatic heterocycles. The van der Waals surface area contributed by atoms with Gasteiger partial charge < -0.3 is 0 Å². The van der Waals surface area contributed by atoms with Crippen LogP contribution in [-0.4, -0.2) is 11.0 Å². The molecule has 1 aliphatic rings. The lowest BCUT2D eigenvalue weighted by molar-refractivity contribution is 0.706. The summed E-state index contributed by atoms with van der Waals surface area (Å²) in [4.78, 5) is 0. The van der Waals surface area contributed by atoms with Crippen molar-refractivity contribution in [1.29, 1.82) is 0 Å². The number of thioether (sulfide) groups is 1. The predicted octanol–water partition coefficient (Wildman–Crippen LogP) is 3.46. The molecule has 10 heavy (non-hydrogen) atoms. The van der Waals surface area contributed by atoms with E-state index in [0.29, 0.717) is 0 Å². The monoisotopic (exact) mass is 158 g/mol. The molecule has 0 nitrogen and oxygen atoms in total. The van der Waals surface area contributed by atoms with Crippen LogP contribution in [0.3, 0.4) is 0 Å². The van der Waals surface area contributed by atoms with Crippen LogP contribution < -0.4 is 0 Å². The van der Waals surface area contributed by atoms with Crippen LogP contribution in [0, 0.1) is 0 Å². The summed E-state index contributed by atoms with van der Waals surface area (Å²) in [6.45, 7) is 2.27. The molecular formula is C9H18S. The number of rotatable bonds is 6. The van der Waals surface area contributed by atoms with Gasteiger partial charge in [0.1, 0.15) is 0 Å². The third kappa shape index (κ3) is 4.21. The van der Waals surface area contributed by atoms with Crippen molar-refractivity contribution in [2.45, 2.75) is 50.7 Å². The molecule has 0 atom stereocenters. The van der Waals surface area contributed by atoms with Gasteiger partial charge in [-0.3, -0.25) is 0 Å². The lowest BCUT2D eigenvalue weighted by Gasteiger charge is -1.97. The molecule has 0 amide bonds. The topological polar surface area (TPSA) is 0 Å². The summed E-state index contributed by atoms with van der Waals surface area (Å²) in [7, 11) is 0. The van der Waals surface area contributed by atoms with E-state index in [0.717, 1.165) is 5.25 Å². The van der Waals surface area contributed by atoms with Crippen molar-refractivity contribution in [3.05, 3.63) is 0 Å². The van der Waals surface area contributed by atoms with Gasteiger partial charge in [0.05, 0.1) is 0 Å². The van der Waals surface area contributed by atoms with E-state index in [9.17, 15) is 0 Å². The van der Waals surface area contributed by atoms with Gasteiger partial charge in [0, 0.05) is 5.25 Å². The quantitative estimate of drug-likeness (QED) is 0.533. The Bertz CT molecular complexity index is 76.8. The van der Waals surface area contributed by atoms with E-state index in [4.69, 9.17) is 0 Å². The van der Waals surface area contributed by atoms with Gasteiger partial charge in [0.25, 0.3) is 0 Å². The molecule has 0 aromatic rings. The molecule has 0 radical (unpaired) electrons. The zero-order valence-corrected chi connectivity index (χ0v) is 7.75. The molecule has 1 rings (SSSR count). The van der Waals surface area contributed by atoms with Crippen LogP contribution in [0.1, 0.15) is 45.4 Å². The number of hydrogen-bond acceptors (Lipinski definition) is 1. The van der Waals surface area contributed by atoms with E-state index in [1.54, 1.807) is 0 Å². The second-order valence-electron chi connectivity index (χ2n) is 3.13. The first-order valence-electron chi connectivity index (χ1n) is 4.55. The summed E-state index contributed by atoms with van der Waals surface area (Å²) in [6, 6.07) is 0. The van der Waals surface area contributed by atoms with E-state index in [1.807, 2.05) is 0 Å². The van der Waals surface area contributed by atoms with Gasteiger partial charge in [-0.15, -0.1) is 0 Å². The van der Waals surface area contributed by atoms with Crippen LogP contribution in [0.15, 0.2) is 0 Å². The largest absolute Gasteiger partial charge is 0.159 e. The van der Waals surface area contributed by atoms with Gasteiger partial charge in [0.15, 0.2) is 0 Å². The maximum absolute atomic E-state index is 2.27. The zero-order valence-electron chi connectivity index (χ0n) is 6.94. The van der Waals surface area contributed by atoms with Crippen molar-refractivity contribution >= 4 is 11.8 Å². The second-order valence-corrected chi connectivity index (χ2v) is 4.54. The van der Waals surface area contributed by atoms with Crippen molar-refractivity contribution in [2.24, 2.45) is 0 Å². The van der Waals surface area contributed by atoms with Gasteiger partial charge in [-0.2, -0.15) is 11.8 Å². The fourth-order valence-corrected chi connectivity index (χ4v) is 2.19. The fourth-order valence-electron chi connectivity index (χ4n) is 1.01. The van der Waals surface area contributed by atoms with Crippen LogP contribution in [0.5, 0.6) is 0 Å². The second kappa shape index (κ2) is 5.06. The average Bonchev–Trinajstić information content (AvgIpc) is 2.71. The maximum atomic E-state index is 2.27. The number of hydrogen-bond donors (Lipinski definition) is 0. The van der Waals surface area contributed by atoms with E-state index in [-0.39, 0.29) is 0 Å². The summed E-state index contributed by atoms with van der Waals surface area (Å²) < 4.78 is 0. The Balaban J connectivity index is 1.68. The summed E-state index contributed by atoms with van der Waals surface area (Å²) >= 11 is 2.19. The predicted molar refractivity (Wildman–Crippen MR) is 49.6 cm³/mol. The minimum atomic E-state index is 1.07. The molecule has 60 valence electrons. The van der Waals surface area contributed by atoms with Crippen LogP contribution in [0.2, 0.25) is 0 Å². The van der Waals surface area contributed by atoms with Gasteiger partial charge in [-0.1, -0.05) is 26.2 Å². The van der Waals surface area contributed by atoms with E-state index in [1.165, 1.54) is 44.3 Å². The minimum Gasteiger partial charge on any atom is -0.159 e. The van der Waals surface area contributed by atoms with Crippen LogP contribution >= 0.6 is 11.8 Å². The highest BCUT2D eigenvalue weighted by Crippen LogP contribution is 2.34. The maximum Gasteiger partial charge on any atom is 0.00478 e. The van der Waals surface area contributed by atoms with Crippen molar-refractivity contribution in [3.8, 4) is 0 Å². The molecule has 1 aliphatic carbocycles. The van der Waals surface area contributed by atoms with Crippen LogP contribution in [-0.2, 0) is 0 Å². The molecule has 0 aromatic carbocycles. The summed E-state index contributed by atoms with van der Waals surface area (Å²) in [5, 5.41) is 1.07. The van der Waals surface area contributed by atoms with E-state index < -0.39 is 0 Å². The molecule has 0 saturated heterocycles. The average molecular weight is 158 g/mol. The van der Waals surface area contributed by atoms with Crippen molar-refractivity contribution in [3.63, 3.8) is 0 Å². The Kier molecular flexibility index (Phi) is 4.27. The van der Waals surface area contributed by atoms with E-state index in [2.05, 4.69) is 18.7 Å². The molecule has 1 heteroatoms. The SMILES string of the molecule is CCCCCCSC1CC1. The summed E-state index contributed by atoms with van der Waals surface area (Å²) in [5.41, 5.74) is 0. The van der Waals surface area contributed by atoms with E-state index >= 15 is 0 Å². The Labute approximate surface area is 68.8 Å². The molecule has 0 bridgehead atoms. The first kappa shape index (κ1) is 8.45. The molecular weight excluding hydrogens is 140 g/mol. The Hall–Kier alpha value is 0.350. The Morgan fingerprint density at radius 2 is 2.00 bits per heavy atom. The first-order chi connectivity index (χ1) is 4.93. The molecule has 0 N–H and O–H groups in total. The summed E-state index contributed by atoms with van der Waals surface area (Å²) in [6.07, 6.45) is 8.71. The summed E-state index contributed by atoms with van der Waals surface area (Å²) in [5.74, 6) is 1.42. The highest BCUT2D eigenvalue weighted by atomic mass is 32.2. The Morgan fingerprint density at radius 1 is 1.20 bits per heavy atom. The fraction of sp³-hybridized carbons (Fsp3) is 1.00. The molecule has 0 spiro atoms. The molecule has 1 fully saturated rings. The standard InChI is InChI=1S/C9H18S/c1-2-3-4-5-8-10-9-6-7-9/h9H,2-8H2,1H3. The van der Waals surface area contributed by atoms with Crippen molar-refractivity contribution in [2.75, 3.05) is 5.75 Å². The molecule has 1 saturated carbocycles. The zero-order chi connectivity index (χ0) is 7.23. The molecule has 0 unspecified atom stereocenters. The van der Waals surface area contributed by atoms with Crippen LogP contribution in [0.4, 0.5) is 0 Å². The van der Waals surface area contributed by atoms with Gasteiger partial charge in [-0.05, 0) is 25.0 Å². The van der Waals surface area contributed by atoms with Gasteiger partial charge in [0.2, 0.25) is 0 Å². The minimum absolute atomic E-state index is 1.07. The smallest absolute Gasteiger partial charge is 0.00478 e. The lowest BCUT2D eigenvalue weighted by atomic mass is 10.2. The Morgan fingerprint density at radius 3 is 2.60 bits per heavy atom. The van der Waals surface area contributed by atoms with Crippen LogP contribution in [0.25, 0.3) is 0 Å². The van der Waals surface area contributed by atoms with Gasteiger partial charge in [-0.25, -0.2) is 0 Å². The van der Waals surface area contributed by atoms with Gasteiger partial charge >= 0.3 is 0 Å². The molecule has 0 heterocycles. The number of unbranched alkanes of at least 4 members (excludes halogenated alkanes) is 3. The highest BCUT2D eigenvalue weighted by molar-refractivity contribution is 8.00. The first-order valence-corrected chi connectivity index (χ1v) is 5.60. The molecule has 0 aromatic heterocycles. The van der Waals surface area contributed by atoms with Crippen molar-refractivity contribution < 1.29 is 0 Å². The normalized spacial score (nSPS) is 17.7. The third-order valence-corrected chi connectivity index (χ3v) is 3.34. The lowest BCUT2D eigenvalue weighted by Crippen LogP contribution is -1.82. The van der Waals surface area contributed by atoms with Crippen molar-refractivity contribution in [1.82, 2.24) is 0 Å². The highest BCUT2D eigenvalue weighted by Gasteiger charge is 2.20. The third-order valence-electron chi connectivity index (χ3n) is 1.88.